The molecule has 0 heterocycles. The van der Waals surface area contributed by atoms with Crippen molar-refractivity contribution in [2.75, 3.05) is 13.2 Å². The molecule has 1 saturated carbocycles. The Balaban J connectivity index is 1.44. The summed E-state index contributed by atoms with van der Waals surface area (Å²) in [7, 11) is 0. The molecule has 2 aliphatic rings. The predicted octanol–water partition coefficient (Wildman–Crippen LogP) is 3.07. The normalized spacial score (nSPS) is 26.1. The number of aliphatic hydroxyl groups is 3. The van der Waals surface area contributed by atoms with Crippen molar-refractivity contribution >= 4 is 5.91 Å². The van der Waals surface area contributed by atoms with E-state index in [-0.39, 0.29) is 24.5 Å². The zero-order chi connectivity index (χ0) is 22.2. The van der Waals surface area contributed by atoms with Gasteiger partial charge in [-0.2, -0.15) is 0 Å². The molecule has 4 N–H and O–H groups in total. The third kappa shape index (κ3) is 7.03. The van der Waals surface area contributed by atoms with E-state index < -0.39 is 6.10 Å². The van der Waals surface area contributed by atoms with Crippen LogP contribution in [-0.4, -0.2) is 46.6 Å². The van der Waals surface area contributed by atoms with E-state index in [0.29, 0.717) is 31.2 Å². The lowest BCUT2D eigenvalue weighted by molar-refractivity contribution is -0.121. The van der Waals surface area contributed by atoms with E-state index in [0.717, 1.165) is 37.7 Å². The van der Waals surface area contributed by atoms with Gasteiger partial charge in [-0.1, -0.05) is 53.6 Å². The molecule has 0 radical (unpaired) electrons. The number of amides is 1. The highest BCUT2D eigenvalue weighted by atomic mass is 16.3. The number of aryl methyl sites for hydroxylation is 1. The highest BCUT2D eigenvalue weighted by Crippen LogP contribution is 2.48. The number of carbonyl (C=O) groups excluding carboxylic acids is 1. The van der Waals surface area contributed by atoms with Gasteiger partial charge in [0.05, 0.1) is 18.8 Å². The van der Waals surface area contributed by atoms with Crippen molar-refractivity contribution in [3.63, 3.8) is 0 Å². The van der Waals surface area contributed by atoms with E-state index >= 15 is 0 Å². The first kappa shape index (κ1) is 23.7. The van der Waals surface area contributed by atoms with Crippen molar-refractivity contribution in [2.24, 2.45) is 17.8 Å². The van der Waals surface area contributed by atoms with Gasteiger partial charge in [0.25, 0.3) is 0 Å². The lowest BCUT2D eigenvalue weighted by Gasteiger charge is -2.19. The Morgan fingerprint density at radius 3 is 2.94 bits per heavy atom. The number of aliphatic hydroxyl groups excluding tert-OH is 3. The van der Waals surface area contributed by atoms with Crippen molar-refractivity contribution < 1.29 is 20.1 Å². The third-order valence-electron chi connectivity index (χ3n) is 6.62. The van der Waals surface area contributed by atoms with Crippen LogP contribution in [0.5, 0.6) is 0 Å². The van der Waals surface area contributed by atoms with Crippen LogP contribution in [0.15, 0.2) is 48.1 Å². The maximum Gasteiger partial charge on any atom is 0.220 e. The molecule has 5 atom stereocenters. The lowest BCUT2D eigenvalue weighted by atomic mass is 9.88. The molecule has 0 unspecified atom stereocenters. The molecule has 0 aromatic heterocycles. The summed E-state index contributed by atoms with van der Waals surface area (Å²) in [6, 6.07) is 8.20. The van der Waals surface area contributed by atoms with Crippen molar-refractivity contribution in [1.82, 2.24) is 5.32 Å². The fourth-order valence-corrected chi connectivity index (χ4v) is 5.12. The first-order valence-corrected chi connectivity index (χ1v) is 11.6. The molecule has 3 rings (SSSR count). The van der Waals surface area contributed by atoms with Gasteiger partial charge in [-0.15, -0.1) is 0 Å². The van der Waals surface area contributed by atoms with E-state index in [1.54, 1.807) is 0 Å². The minimum Gasteiger partial charge on any atom is -0.395 e. The summed E-state index contributed by atoms with van der Waals surface area (Å²) in [5.41, 5.74) is 3.76. The Kier molecular flexibility index (Phi) is 8.88. The third-order valence-corrected chi connectivity index (χ3v) is 6.62. The summed E-state index contributed by atoms with van der Waals surface area (Å²) in [6.07, 6.45) is 11.1. The molecule has 0 saturated heterocycles. The van der Waals surface area contributed by atoms with Gasteiger partial charge < -0.3 is 20.6 Å². The summed E-state index contributed by atoms with van der Waals surface area (Å²) < 4.78 is 0. The van der Waals surface area contributed by atoms with E-state index in [1.807, 2.05) is 24.3 Å². The first-order chi connectivity index (χ1) is 15.0. The topological polar surface area (TPSA) is 89.8 Å². The molecule has 1 aromatic rings. The van der Waals surface area contributed by atoms with Gasteiger partial charge in [0.2, 0.25) is 5.91 Å². The zero-order valence-corrected chi connectivity index (χ0v) is 18.5. The Morgan fingerprint density at radius 1 is 1.32 bits per heavy atom. The maximum absolute atomic E-state index is 11.6. The molecule has 1 amide bonds. The Morgan fingerprint density at radius 2 is 2.16 bits per heavy atom. The Labute approximate surface area is 185 Å². The number of benzene rings is 1. The quantitative estimate of drug-likeness (QED) is 0.323. The number of nitrogens with one attached hydrogen (secondary N) is 1. The smallest absolute Gasteiger partial charge is 0.220 e. The number of hydrogen-bond acceptors (Lipinski definition) is 4. The molecule has 0 aliphatic heterocycles. The van der Waals surface area contributed by atoms with Crippen LogP contribution in [0.25, 0.3) is 0 Å². The number of carbonyl (C=O) groups is 1. The molecule has 5 nitrogen and oxygen atoms in total. The van der Waals surface area contributed by atoms with Gasteiger partial charge in [0, 0.05) is 25.3 Å². The highest BCUT2D eigenvalue weighted by molar-refractivity contribution is 5.75. The van der Waals surface area contributed by atoms with Gasteiger partial charge >= 0.3 is 0 Å². The molecule has 0 bridgehead atoms. The number of fused-ring (bicyclic) bond motifs is 1. The van der Waals surface area contributed by atoms with Crippen LogP contribution in [0.4, 0.5) is 0 Å². The minimum absolute atomic E-state index is 0.00358. The van der Waals surface area contributed by atoms with Crippen molar-refractivity contribution in [3.8, 4) is 0 Å². The number of rotatable bonds is 11. The number of unbranched alkanes of at least 4 members (excludes halogenated alkanes) is 1. The standard InChI is InChI=1S/C26H37NO4/c1-18-5-4-7-19(13-18)15-22(29)9-10-23-24-16-20(14-21(24)17-25(23)30)6-2-3-8-26(31)27-11-12-28/h4-5,7,9-10,13-14,21-25,28-30H,2-3,6,8,11-12,15-17H2,1H3,(H,27,31)/b10-9+/t21-,22-,23+,24-,25+/m0/s1. The fourth-order valence-electron chi connectivity index (χ4n) is 5.12. The molecule has 170 valence electrons. The largest absolute Gasteiger partial charge is 0.395 e. The zero-order valence-electron chi connectivity index (χ0n) is 18.5. The summed E-state index contributed by atoms with van der Waals surface area (Å²) in [6.45, 7) is 2.35. The first-order valence-electron chi connectivity index (χ1n) is 11.6. The van der Waals surface area contributed by atoms with Crippen LogP contribution in [0.1, 0.15) is 49.7 Å². The summed E-state index contributed by atoms with van der Waals surface area (Å²) in [5, 5.41) is 32.4. The summed E-state index contributed by atoms with van der Waals surface area (Å²) in [4.78, 5) is 11.6. The van der Waals surface area contributed by atoms with Crippen LogP contribution in [-0.2, 0) is 11.2 Å². The van der Waals surface area contributed by atoms with Gasteiger partial charge in [-0.25, -0.2) is 0 Å². The van der Waals surface area contributed by atoms with Crippen LogP contribution in [0, 0.1) is 24.7 Å². The summed E-state index contributed by atoms with van der Waals surface area (Å²) >= 11 is 0. The second-order valence-electron chi connectivity index (χ2n) is 9.16. The van der Waals surface area contributed by atoms with Crippen LogP contribution >= 0.6 is 0 Å². The number of allylic oxidation sites excluding steroid dienone is 2. The van der Waals surface area contributed by atoms with E-state index in [1.165, 1.54) is 11.1 Å². The van der Waals surface area contributed by atoms with Gasteiger partial charge in [0.1, 0.15) is 0 Å². The van der Waals surface area contributed by atoms with Crippen LogP contribution in [0.2, 0.25) is 0 Å². The fraction of sp³-hybridized carbons (Fsp3) is 0.577. The van der Waals surface area contributed by atoms with Crippen LogP contribution < -0.4 is 5.32 Å². The highest BCUT2D eigenvalue weighted by Gasteiger charge is 2.43. The molecule has 1 fully saturated rings. The lowest BCUT2D eigenvalue weighted by Crippen LogP contribution is -2.25. The maximum atomic E-state index is 11.6. The number of hydrogen-bond donors (Lipinski definition) is 4. The molecule has 5 heteroatoms. The van der Waals surface area contributed by atoms with E-state index in [2.05, 4.69) is 30.4 Å². The van der Waals surface area contributed by atoms with Gasteiger partial charge in [-0.05, 0) is 56.4 Å². The van der Waals surface area contributed by atoms with E-state index in [4.69, 9.17) is 5.11 Å². The monoisotopic (exact) mass is 427 g/mol. The Bertz CT molecular complexity index is 787. The molecular formula is C26H37NO4. The van der Waals surface area contributed by atoms with Gasteiger partial charge in [-0.3, -0.25) is 4.79 Å². The SMILES string of the molecule is Cc1cccc(C[C@@H](O)/C=C/[C@@H]2[C@H]3CC(CCCCC(=O)NCCO)=C[C@H]3C[C@H]2O)c1. The molecular weight excluding hydrogens is 390 g/mol. The van der Waals surface area contributed by atoms with Crippen molar-refractivity contribution in [1.29, 1.82) is 0 Å². The predicted molar refractivity (Wildman–Crippen MR) is 122 cm³/mol. The average Bonchev–Trinajstić information content (AvgIpc) is 3.24. The molecule has 0 spiro atoms. The second-order valence-corrected chi connectivity index (χ2v) is 9.16. The Hall–Kier alpha value is -1.95. The van der Waals surface area contributed by atoms with E-state index in [9.17, 15) is 15.0 Å². The van der Waals surface area contributed by atoms with Gasteiger partial charge in [0.15, 0.2) is 0 Å². The molecule has 1 aromatic carbocycles. The molecule has 2 aliphatic carbocycles. The minimum atomic E-state index is -0.543. The average molecular weight is 428 g/mol. The summed E-state index contributed by atoms with van der Waals surface area (Å²) in [5.74, 6) is 0.931. The molecule has 31 heavy (non-hydrogen) atoms. The van der Waals surface area contributed by atoms with Crippen molar-refractivity contribution in [3.05, 3.63) is 59.2 Å². The van der Waals surface area contributed by atoms with Crippen molar-refractivity contribution in [2.45, 2.75) is 64.1 Å². The second kappa shape index (κ2) is 11.6. The van der Waals surface area contributed by atoms with Crippen LogP contribution in [0.3, 0.4) is 0 Å².